The Morgan fingerprint density at radius 1 is 1.40 bits per heavy atom. The van der Waals surface area contributed by atoms with E-state index in [0.29, 0.717) is 0 Å². The molecule has 1 rings (SSSR count). The molecule has 0 aliphatic carbocycles. The normalized spacial score (nSPS) is 14.5. The van der Waals surface area contributed by atoms with Crippen molar-refractivity contribution in [2.75, 3.05) is 0 Å². The predicted molar refractivity (Wildman–Crippen MR) is 43.4 cm³/mol. The van der Waals surface area contributed by atoms with Crippen molar-refractivity contribution in [2.24, 2.45) is 11.5 Å². The highest BCUT2D eigenvalue weighted by atomic mass is 32.1. The molecule has 0 fully saturated rings. The summed E-state index contributed by atoms with van der Waals surface area (Å²) in [6, 6.07) is 0. The lowest BCUT2D eigenvalue weighted by molar-refractivity contribution is 1.30. The lowest BCUT2D eigenvalue weighted by atomic mass is 10.4. The summed E-state index contributed by atoms with van der Waals surface area (Å²) in [5.74, 6) is 0. The molecule has 0 saturated heterocycles. The highest BCUT2D eigenvalue weighted by Crippen LogP contribution is 1.80. The molecule has 0 aliphatic rings. The Labute approximate surface area is 62.8 Å². The quantitative estimate of drug-likeness (QED) is 0.497. The van der Waals surface area contributed by atoms with Crippen LogP contribution in [0, 0.1) is 6.92 Å². The van der Waals surface area contributed by atoms with Gasteiger partial charge in [-0.2, -0.15) is 4.37 Å². The lowest BCUT2D eigenvalue weighted by Crippen LogP contribution is -2.23. The van der Waals surface area contributed by atoms with Crippen molar-refractivity contribution in [2.45, 2.75) is 6.92 Å². The number of rotatable bonds is 0. The highest BCUT2D eigenvalue weighted by molar-refractivity contribution is 7.03. The van der Waals surface area contributed by atoms with Gasteiger partial charge in [-0.3, -0.25) is 0 Å². The number of nitrogens with zero attached hydrogens (tertiary/aromatic N) is 1. The predicted octanol–water partition coefficient (Wildman–Crippen LogP) is -1.16. The van der Waals surface area contributed by atoms with Crippen molar-refractivity contribution in [3.05, 3.63) is 15.4 Å². The molecule has 0 unspecified atom stereocenters. The van der Waals surface area contributed by atoms with Gasteiger partial charge in [0.05, 0.1) is 10.2 Å². The second kappa shape index (κ2) is 2.70. The third-order valence-corrected chi connectivity index (χ3v) is 2.17. The molecule has 0 aromatic carbocycles. The highest BCUT2D eigenvalue weighted by Gasteiger charge is 1.92. The van der Waals surface area contributed by atoms with E-state index in [1.54, 1.807) is 0 Å². The molecule has 3 nitrogen and oxygen atoms in total. The topological polar surface area (TPSA) is 64.9 Å². The molecule has 0 atom stereocenters. The van der Waals surface area contributed by atoms with E-state index in [0.717, 1.165) is 15.4 Å². The molecular formula is C6H9N3S. The molecule has 1 heterocycles. The molecule has 1 aromatic heterocycles. The van der Waals surface area contributed by atoms with E-state index in [-0.39, 0.29) is 0 Å². The first-order valence-corrected chi connectivity index (χ1v) is 3.63. The van der Waals surface area contributed by atoms with Gasteiger partial charge < -0.3 is 11.5 Å². The van der Waals surface area contributed by atoms with Crippen LogP contribution in [0.25, 0.3) is 12.4 Å². The first-order chi connectivity index (χ1) is 4.79. The number of aromatic nitrogens is 1. The Morgan fingerprint density at radius 3 is 2.50 bits per heavy atom. The molecule has 4 N–H and O–H groups in total. The molecule has 0 bridgehead atoms. The van der Waals surface area contributed by atoms with Gasteiger partial charge in [-0.1, -0.05) is 0 Å². The van der Waals surface area contributed by atoms with Crippen LogP contribution in [0.2, 0.25) is 0 Å². The fourth-order valence-electron chi connectivity index (χ4n) is 0.717. The third kappa shape index (κ3) is 0.974. The molecule has 0 aliphatic heterocycles. The van der Waals surface area contributed by atoms with Gasteiger partial charge in [0.1, 0.15) is 0 Å². The first kappa shape index (κ1) is 7.08. The maximum Gasteiger partial charge on any atom is 0.0721 e. The molecule has 10 heavy (non-hydrogen) atoms. The van der Waals surface area contributed by atoms with E-state index in [1.165, 1.54) is 23.9 Å². The smallest absolute Gasteiger partial charge is 0.0721 e. The number of hydrogen-bond donors (Lipinski definition) is 2. The molecule has 0 amide bonds. The SMILES string of the molecule is Cc1nsc(=C/N)/c1=C\N. The minimum Gasteiger partial charge on any atom is -0.404 e. The minimum absolute atomic E-state index is 0.931. The Hall–Kier alpha value is -1.03. The van der Waals surface area contributed by atoms with Crippen molar-refractivity contribution in [1.82, 2.24) is 4.37 Å². The van der Waals surface area contributed by atoms with Crippen LogP contribution in [0.4, 0.5) is 0 Å². The summed E-state index contributed by atoms with van der Waals surface area (Å²) in [6.07, 6.45) is 3.04. The van der Waals surface area contributed by atoms with Crippen LogP contribution < -0.4 is 21.2 Å². The minimum atomic E-state index is 0.931. The van der Waals surface area contributed by atoms with Crippen LogP contribution in [0.1, 0.15) is 5.69 Å². The van der Waals surface area contributed by atoms with Crippen LogP contribution in [0.15, 0.2) is 0 Å². The maximum absolute atomic E-state index is 5.34. The molecule has 4 heteroatoms. The Kier molecular flexibility index (Phi) is 1.91. The number of nitrogens with two attached hydrogens (primary N) is 2. The average molecular weight is 155 g/mol. The number of aryl methyl sites for hydroxylation is 1. The average Bonchev–Trinajstić information content (AvgIpc) is 2.30. The monoisotopic (exact) mass is 155 g/mol. The van der Waals surface area contributed by atoms with E-state index >= 15 is 0 Å². The summed E-state index contributed by atoms with van der Waals surface area (Å²) < 4.78 is 5.01. The van der Waals surface area contributed by atoms with Crippen LogP contribution >= 0.6 is 11.5 Å². The van der Waals surface area contributed by atoms with E-state index in [4.69, 9.17) is 11.5 Å². The standard InChI is InChI=1S/C6H9N3S/c1-4-5(2-7)6(3-8)10-9-4/h2-3H,7-8H2,1H3/b5-2-,6-3+. The number of hydrogen-bond acceptors (Lipinski definition) is 4. The maximum atomic E-state index is 5.34. The summed E-state index contributed by atoms with van der Waals surface area (Å²) in [6.45, 7) is 1.90. The van der Waals surface area contributed by atoms with Gasteiger partial charge in [0.2, 0.25) is 0 Å². The molecule has 54 valence electrons. The van der Waals surface area contributed by atoms with Crippen molar-refractivity contribution in [3.8, 4) is 0 Å². The summed E-state index contributed by atoms with van der Waals surface area (Å²) >= 11 is 1.36. The zero-order valence-electron chi connectivity index (χ0n) is 5.66. The van der Waals surface area contributed by atoms with Gasteiger partial charge in [-0.05, 0) is 18.5 Å². The second-order valence-corrected chi connectivity index (χ2v) is 2.68. The Bertz CT molecular complexity index is 325. The third-order valence-electron chi connectivity index (χ3n) is 1.25. The summed E-state index contributed by atoms with van der Waals surface area (Å²) in [4.78, 5) is 0. The molecule has 0 radical (unpaired) electrons. The molecule has 0 saturated carbocycles. The fraction of sp³-hybridized carbons (Fsp3) is 0.167. The van der Waals surface area contributed by atoms with Crippen LogP contribution in [0.3, 0.4) is 0 Å². The summed E-state index contributed by atoms with van der Waals surface area (Å²) in [7, 11) is 0. The fourth-order valence-corrected chi connectivity index (χ4v) is 1.43. The van der Waals surface area contributed by atoms with Gasteiger partial charge in [0.25, 0.3) is 0 Å². The Balaban J connectivity index is 3.59. The second-order valence-electron chi connectivity index (χ2n) is 1.88. The summed E-state index contributed by atoms with van der Waals surface area (Å²) in [5, 5.41) is 0.938. The van der Waals surface area contributed by atoms with E-state index in [1.807, 2.05) is 6.92 Å². The van der Waals surface area contributed by atoms with Crippen LogP contribution in [-0.2, 0) is 0 Å². The van der Waals surface area contributed by atoms with Gasteiger partial charge in [0, 0.05) is 17.6 Å². The zero-order valence-corrected chi connectivity index (χ0v) is 6.48. The van der Waals surface area contributed by atoms with Crippen molar-refractivity contribution in [3.63, 3.8) is 0 Å². The summed E-state index contributed by atoms with van der Waals surface area (Å²) in [5.41, 5.74) is 11.6. The first-order valence-electron chi connectivity index (χ1n) is 2.85. The van der Waals surface area contributed by atoms with E-state index in [9.17, 15) is 0 Å². The zero-order chi connectivity index (χ0) is 7.56. The van der Waals surface area contributed by atoms with Crippen molar-refractivity contribution >= 4 is 23.9 Å². The molecule has 1 aromatic rings. The van der Waals surface area contributed by atoms with Gasteiger partial charge in [-0.15, -0.1) is 0 Å². The molecular weight excluding hydrogens is 146 g/mol. The van der Waals surface area contributed by atoms with Gasteiger partial charge >= 0.3 is 0 Å². The largest absolute Gasteiger partial charge is 0.404 e. The van der Waals surface area contributed by atoms with Crippen molar-refractivity contribution in [1.29, 1.82) is 0 Å². The van der Waals surface area contributed by atoms with E-state index in [2.05, 4.69) is 4.37 Å². The van der Waals surface area contributed by atoms with Crippen LogP contribution in [-0.4, -0.2) is 4.37 Å². The van der Waals surface area contributed by atoms with E-state index < -0.39 is 0 Å². The molecule has 0 spiro atoms. The van der Waals surface area contributed by atoms with Crippen molar-refractivity contribution < 1.29 is 0 Å². The lowest BCUT2D eigenvalue weighted by Gasteiger charge is -1.76. The van der Waals surface area contributed by atoms with Gasteiger partial charge in [0.15, 0.2) is 0 Å². The van der Waals surface area contributed by atoms with Crippen LogP contribution in [0.5, 0.6) is 0 Å². The Morgan fingerprint density at radius 2 is 2.10 bits per heavy atom. The van der Waals surface area contributed by atoms with Gasteiger partial charge in [-0.25, -0.2) is 0 Å².